The van der Waals surface area contributed by atoms with Gasteiger partial charge in [0.1, 0.15) is 11.5 Å². The third-order valence-electron chi connectivity index (χ3n) is 6.22. The van der Waals surface area contributed by atoms with Gasteiger partial charge in [0, 0.05) is 16.6 Å². The summed E-state index contributed by atoms with van der Waals surface area (Å²) in [4.78, 5) is 24.3. The molecule has 1 unspecified atom stereocenters. The molecular formula is C26H30N2O5. The van der Waals surface area contributed by atoms with Crippen molar-refractivity contribution in [2.45, 2.75) is 45.1 Å². The lowest BCUT2D eigenvalue weighted by molar-refractivity contribution is -0.142. The molecule has 0 radical (unpaired) electrons. The van der Waals surface area contributed by atoms with Crippen LogP contribution in [0.25, 0.3) is 10.9 Å². The second-order valence-electron chi connectivity index (χ2n) is 8.20. The number of hydrogen-bond donors (Lipinski definition) is 1. The van der Waals surface area contributed by atoms with Crippen molar-refractivity contribution in [2.75, 3.05) is 20.3 Å². The Bertz CT molecular complexity index is 1170. The number of benzene rings is 2. The van der Waals surface area contributed by atoms with Crippen molar-refractivity contribution in [2.24, 2.45) is 5.73 Å². The molecular weight excluding hydrogens is 420 g/mol. The fourth-order valence-corrected chi connectivity index (χ4v) is 4.76. The van der Waals surface area contributed by atoms with Gasteiger partial charge in [-0.05, 0) is 49.9 Å². The zero-order valence-corrected chi connectivity index (χ0v) is 19.1. The number of esters is 1. The molecule has 1 heterocycles. The molecule has 1 amide bonds. The van der Waals surface area contributed by atoms with E-state index < -0.39 is 11.9 Å². The van der Waals surface area contributed by atoms with E-state index in [0.717, 1.165) is 52.7 Å². The Morgan fingerprint density at radius 1 is 1.06 bits per heavy atom. The van der Waals surface area contributed by atoms with Crippen LogP contribution < -0.4 is 15.2 Å². The Labute approximate surface area is 193 Å². The summed E-state index contributed by atoms with van der Waals surface area (Å²) in [6.45, 7) is 2.94. The lowest BCUT2D eigenvalue weighted by Gasteiger charge is -2.15. The number of amides is 1. The predicted octanol–water partition coefficient (Wildman–Crippen LogP) is 3.94. The maximum absolute atomic E-state index is 12.5. The minimum atomic E-state index is -0.463. The molecule has 7 heteroatoms. The molecule has 1 atom stereocenters. The second-order valence-corrected chi connectivity index (χ2v) is 8.20. The molecule has 0 aliphatic heterocycles. The van der Waals surface area contributed by atoms with E-state index in [-0.39, 0.29) is 12.5 Å². The highest BCUT2D eigenvalue weighted by Crippen LogP contribution is 2.42. The lowest BCUT2D eigenvalue weighted by atomic mass is 9.92. The number of carbonyl (C=O) groups is 2. The van der Waals surface area contributed by atoms with E-state index in [1.165, 1.54) is 7.11 Å². The van der Waals surface area contributed by atoms with Crippen molar-refractivity contribution >= 4 is 22.8 Å². The van der Waals surface area contributed by atoms with Crippen molar-refractivity contribution in [1.29, 1.82) is 0 Å². The van der Waals surface area contributed by atoms with E-state index in [2.05, 4.69) is 10.6 Å². The van der Waals surface area contributed by atoms with Crippen molar-refractivity contribution < 1.29 is 23.8 Å². The van der Waals surface area contributed by atoms with Crippen LogP contribution in [0, 0.1) is 0 Å². The summed E-state index contributed by atoms with van der Waals surface area (Å²) in [5.74, 6) is 0.188. The zero-order valence-electron chi connectivity index (χ0n) is 19.1. The summed E-state index contributed by atoms with van der Waals surface area (Å²) in [6.07, 6.45) is 3.42. The van der Waals surface area contributed by atoms with Crippen molar-refractivity contribution in [3.8, 4) is 11.5 Å². The van der Waals surface area contributed by atoms with Gasteiger partial charge in [-0.3, -0.25) is 4.79 Å². The van der Waals surface area contributed by atoms with E-state index in [4.69, 9.17) is 19.9 Å². The first kappa shape index (κ1) is 22.7. The molecule has 1 aliphatic rings. The highest BCUT2D eigenvalue weighted by Gasteiger charge is 2.31. The fraction of sp³-hybridized carbons (Fsp3) is 0.385. The smallest absolute Gasteiger partial charge is 0.343 e. The molecule has 0 saturated carbocycles. The molecule has 3 aromatic rings. The lowest BCUT2D eigenvalue weighted by Crippen LogP contribution is -2.22. The quantitative estimate of drug-likeness (QED) is 0.415. The van der Waals surface area contributed by atoms with Crippen LogP contribution >= 0.6 is 0 Å². The molecule has 0 bridgehead atoms. The van der Waals surface area contributed by atoms with E-state index in [1.807, 2.05) is 43.3 Å². The Kier molecular flexibility index (Phi) is 6.87. The van der Waals surface area contributed by atoms with Crippen molar-refractivity contribution in [1.82, 2.24) is 4.57 Å². The summed E-state index contributed by atoms with van der Waals surface area (Å²) >= 11 is 0. The van der Waals surface area contributed by atoms with Crippen LogP contribution in [0.15, 0.2) is 42.5 Å². The van der Waals surface area contributed by atoms with Gasteiger partial charge in [-0.1, -0.05) is 30.7 Å². The van der Waals surface area contributed by atoms with Gasteiger partial charge in [0.25, 0.3) is 0 Å². The molecule has 0 saturated heterocycles. The van der Waals surface area contributed by atoms with Gasteiger partial charge < -0.3 is 24.5 Å². The Balaban J connectivity index is 1.91. The summed E-state index contributed by atoms with van der Waals surface area (Å²) in [5.41, 5.74) is 9.89. The molecule has 0 fully saturated rings. The van der Waals surface area contributed by atoms with Gasteiger partial charge in [-0.15, -0.1) is 0 Å². The number of para-hydroxylation sites is 1. The molecule has 33 heavy (non-hydrogen) atoms. The number of rotatable bonds is 8. The molecule has 4 rings (SSSR count). The fourth-order valence-electron chi connectivity index (χ4n) is 4.76. The Hall–Kier alpha value is -3.48. The third-order valence-corrected chi connectivity index (χ3v) is 6.22. The molecule has 7 nitrogen and oxygen atoms in total. The first-order valence-corrected chi connectivity index (χ1v) is 11.4. The van der Waals surface area contributed by atoms with Gasteiger partial charge in [-0.2, -0.15) is 0 Å². The number of primary amides is 1. The highest BCUT2D eigenvalue weighted by molar-refractivity contribution is 5.97. The molecule has 2 N–H and O–H groups in total. The number of aromatic nitrogens is 1. The van der Waals surface area contributed by atoms with Crippen LogP contribution in [0.2, 0.25) is 0 Å². The number of nitrogens with two attached hydrogens (primary N) is 1. The normalized spacial score (nSPS) is 15.5. The number of hydrogen-bond acceptors (Lipinski definition) is 5. The van der Waals surface area contributed by atoms with E-state index in [9.17, 15) is 9.59 Å². The number of nitrogens with zero attached hydrogens (tertiary/aromatic N) is 1. The topological polar surface area (TPSA) is 92.8 Å². The maximum Gasteiger partial charge on any atom is 0.343 e. The van der Waals surface area contributed by atoms with Gasteiger partial charge in [0.15, 0.2) is 6.61 Å². The van der Waals surface area contributed by atoms with Crippen LogP contribution in [-0.4, -0.2) is 36.8 Å². The number of methoxy groups -OCH3 is 1. The average molecular weight is 451 g/mol. The van der Waals surface area contributed by atoms with Gasteiger partial charge in [-0.25, -0.2) is 4.79 Å². The van der Waals surface area contributed by atoms with Crippen LogP contribution in [0.4, 0.5) is 0 Å². The van der Waals surface area contributed by atoms with E-state index in [1.54, 1.807) is 0 Å². The van der Waals surface area contributed by atoms with E-state index in [0.29, 0.717) is 25.3 Å². The Morgan fingerprint density at radius 2 is 1.85 bits per heavy atom. The molecule has 2 aromatic carbocycles. The number of ether oxygens (including phenoxy) is 3. The first-order chi connectivity index (χ1) is 16.0. The Morgan fingerprint density at radius 3 is 2.61 bits per heavy atom. The maximum atomic E-state index is 12.5. The van der Waals surface area contributed by atoms with Gasteiger partial charge in [0.2, 0.25) is 5.91 Å². The SMILES string of the molecule is CCOc1ccccc1Cn1c2c(c3c(OCC(=O)OC)cccc31)C(C(N)=O)CCCC2. The zero-order chi connectivity index (χ0) is 23.4. The summed E-state index contributed by atoms with van der Waals surface area (Å²) in [6, 6.07) is 13.7. The van der Waals surface area contributed by atoms with Gasteiger partial charge >= 0.3 is 5.97 Å². The summed E-state index contributed by atoms with van der Waals surface area (Å²) in [5, 5.41) is 0.844. The predicted molar refractivity (Wildman–Crippen MR) is 126 cm³/mol. The standard InChI is InChI=1S/C26H30N2O5/c1-3-32-21-13-7-4-9-17(21)15-28-19-11-6-5-10-18(26(27)30)24(19)25-20(28)12-8-14-22(25)33-16-23(29)31-2/h4,7-9,12-14,18H,3,5-6,10-11,15-16H2,1-2H3,(H2,27,30). The average Bonchev–Trinajstić information content (AvgIpc) is 2.96. The largest absolute Gasteiger partial charge is 0.494 e. The summed E-state index contributed by atoms with van der Waals surface area (Å²) in [7, 11) is 1.33. The van der Waals surface area contributed by atoms with Crippen LogP contribution in [0.5, 0.6) is 11.5 Å². The van der Waals surface area contributed by atoms with Crippen molar-refractivity contribution in [3.05, 3.63) is 59.3 Å². The van der Waals surface area contributed by atoms with E-state index >= 15 is 0 Å². The molecule has 1 aliphatic carbocycles. The van der Waals surface area contributed by atoms with Crippen molar-refractivity contribution in [3.63, 3.8) is 0 Å². The number of fused-ring (bicyclic) bond motifs is 3. The van der Waals surface area contributed by atoms with Crippen LogP contribution in [-0.2, 0) is 27.3 Å². The second kappa shape index (κ2) is 9.98. The number of carbonyl (C=O) groups excluding carboxylic acids is 2. The third kappa shape index (κ3) is 4.53. The minimum absolute atomic E-state index is 0.204. The highest BCUT2D eigenvalue weighted by atomic mass is 16.6. The monoisotopic (exact) mass is 450 g/mol. The minimum Gasteiger partial charge on any atom is -0.494 e. The first-order valence-electron chi connectivity index (χ1n) is 11.4. The molecule has 0 spiro atoms. The molecule has 174 valence electrons. The molecule has 1 aromatic heterocycles. The van der Waals surface area contributed by atoms with Gasteiger partial charge in [0.05, 0.1) is 31.7 Å². The van der Waals surface area contributed by atoms with Crippen LogP contribution in [0.1, 0.15) is 48.9 Å². The van der Waals surface area contributed by atoms with Crippen LogP contribution in [0.3, 0.4) is 0 Å². The summed E-state index contributed by atoms with van der Waals surface area (Å²) < 4.78 is 18.7.